The normalized spacial score (nSPS) is 14.6. The number of allylic oxidation sites excluding steroid dienone is 1. The Labute approximate surface area is 157 Å². The van der Waals surface area contributed by atoms with Crippen LogP contribution < -0.4 is 5.73 Å². The van der Waals surface area contributed by atoms with Gasteiger partial charge in [0.25, 0.3) is 0 Å². The van der Waals surface area contributed by atoms with E-state index < -0.39 is 18.1 Å². The highest BCUT2D eigenvalue weighted by molar-refractivity contribution is 5.74. The molecule has 0 aliphatic heterocycles. The smallest absolute Gasteiger partial charge is 0.362 e. The lowest BCUT2D eigenvalue weighted by atomic mass is 10.0. The van der Waals surface area contributed by atoms with Gasteiger partial charge in [0, 0.05) is 19.5 Å². The quantitative estimate of drug-likeness (QED) is 0.181. The predicted molar refractivity (Wildman–Crippen MR) is 106 cm³/mol. The molecule has 0 rings (SSSR count). The number of aliphatic hydroxyl groups is 1. The maximum atomic E-state index is 11.4. The van der Waals surface area contributed by atoms with Crippen LogP contribution in [0.1, 0.15) is 39.5 Å². The molecule has 0 saturated carbocycles. The number of guanidine groups is 1. The first-order chi connectivity index (χ1) is 11.9. The number of quaternary nitrogens is 1. The topological polar surface area (TPSA) is 111 Å². The van der Waals surface area contributed by atoms with Crippen LogP contribution in [0.3, 0.4) is 0 Å². The molecule has 0 bridgehead atoms. The molecule has 0 aromatic carbocycles. The fourth-order valence-corrected chi connectivity index (χ4v) is 2.61. The molecule has 7 nitrogen and oxygen atoms in total. The number of likely N-dealkylation sites (N-methyl/N-ethyl adjacent to an activating group) is 1. The lowest BCUT2D eigenvalue weighted by Gasteiger charge is -2.31. The van der Waals surface area contributed by atoms with E-state index in [0.29, 0.717) is 36.8 Å². The third-order valence-electron chi connectivity index (χ3n) is 4.51. The third kappa shape index (κ3) is 9.58. The van der Waals surface area contributed by atoms with Gasteiger partial charge in [-0.25, -0.2) is 4.79 Å². The van der Waals surface area contributed by atoms with E-state index >= 15 is 0 Å². The second-order valence-corrected chi connectivity index (χ2v) is 7.90. The summed E-state index contributed by atoms with van der Waals surface area (Å²) in [5.74, 6) is -0.827. The largest absolute Gasteiger partial charge is 0.477 e. The van der Waals surface area contributed by atoms with E-state index in [9.17, 15) is 15.0 Å². The van der Waals surface area contributed by atoms with Gasteiger partial charge in [-0.15, -0.1) is 0 Å². The van der Waals surface area contributed by atoms with Gasteiger partial charge >= 0.3 is 5.97 Å². The van der Waals surface area contributed by atoms with Gasteiger partial charge in [0.05, 0.1) is 27.2 Å². The Bertz CT molecular complexity index is 523. The van der Waals surface area contributed by atoms with Crippen molar-refractivity contribution in [3.05, 3.63) is 23.8 Å². The Hall–Kier alpha value is -1.86. The summed E-state index contributed by atoms with van der Waals surface area (Å²) < 4.78 is 0.361. The van der Waals surface area contributed by atoms with E-state index in [1.54, 1.807) is 4.90 Å². The molecule has 5 N–H and O–H groups in total. The number of aliphatic carboxylic acids is 1. The number of nitrogens with zero attached hydrogens (tertiary/aromatic N) is 2. The van der Waals surface area contributed by atoms with E-state index in [2.05, 4.69) is 6.58 Å². The van der Waals surface area contributed by atoms with Crippen molar-refractivity contribution in [1.82, 2.24) is 4.90 Å². The summed E-state index contributed by atoms with van der Waals surface area (Å²) in [4.78, 5) is 13.1. The molecule has 0 fully saturated rings. The summed E-state index contributed by atoms with van der Waals surface area (Å²) >= 11 is 0. The molecular weight excluding hydrogens is 332 g/mol. The van der Waals surface area contributed by atoms with Crippen LogP contribution in [0.25, 0.3) is 0 Å². The van der Waals surface area contributed by atoms with Crippen LogP contribution in [0.5, 0.6) is 0 Å². The molecule has 0 aromatic rings. The Kier molecular flexibility index (Phi) is 10.2. The lowest BCUT2D eigenvalue weighted by Crippen LogP contribution is -2.50. The minimum atomic E-state index is -0.807. The summed E-state index contributed by atoms with van der Waals surface area (Å²) in [6.07, 6.45) is 4.06. The molecule has 0 aromatic heterocycles. The molecule has 0 heterocycles. The number of carbonyl (C=O) groups is 1. The Morgan fingerprint density at radius 2 is 1.88 bits per heavy atom. The number of hydrogen-bond donors (Lipinski definition) is 4. The highest BCUT2D eigenvalue weighted by atomic mass is 16.4. The number of aliphatic hydroxyl groups excluding tert-OH is 1. The van der Waals surface area contributed by atoms with Crippen molar-refractivity contribution in [3.63, 3.8) is 0 Å². The van der Waals surface area contributed by atoms with Gasteiger partial charge in [-0.3, -0.25) is 5.41 Å². The maximum Gasteiger partial charge on any atom is 0.362 e. The summed E-state index contributed by atoms with van der Waals surface area (Å²) in [6.45, 7) is 8.58. The average Bonchev–Trinajstić information content (AvgIpc) is 2.49. The fourth-order valence-electron chi connectivity index (χ4n) is 2.61. The molecule has 2 atom stereocenters. The summed E-state index contributed by atoms with van der Waals surface area (Å²) in [5.41, 5.74) is 7.53. The van der Waals surface area contributed by atoms with E-state index in [0.717, 1.165) is 17.6 Å². The zero-order valence-corrected chi connectivity index (χ0v) is 17.0. The molecule has 0 amide bonds. The van der Waals surface area contributed by atoms with Gasteiger partial charge in [0.15, 0.2) is 12.0 Å². The standard InChI is InChI=1S/C19H36N4O3/c1-14(2)17(24)10-9-15(3)11-13-22(19(20)21)12-7-8-16(18(25)26)23(4,5)6/h11,16-17,24H,1,7-10,12-13H2,2-6H3,(H3-,20,21,25,26)/p+1/b15-11+. The Morgan fingerprint density at radius 3 is 2.31 bits per heavy atom. The molecule has 26 heavy (non-hydrogen) atoms. The van der Waals surface area contributed by atoms with Crippen LogP contribution in [-0.4, -0.2) is 77.9 Å². The van der Waals surface area contributed by atoms with Gasteiger partial charge in [-0.2, -0.15) is 0 Å². The zero-order valence-electron chi connectivity index (χ0n) is 17.0. The first-order valence-electron chi connectivity index (χ1n) is 8.98. The second kappa shape index (κ2) is 11.0. The molecule has 150 valence electrons. The van der Waals surface area contributed by atoms with Gasteiger partial charge in [0.1, 0.15) is 0 Å². The van der Waals surface area contributed by atoms with E-state index in [1.165, 1.54) is 0 Å². The monoisotopic (exact) mass is 369 g/mol. The van der Waals surface area contributed by atoms with Crippen molar-refractivity contribution in [2.24, 2.45) is 5.73 Å². The maximum absolute atomic E-state index is 11.4. The van der Waals surface area contributed by atoms with Crippen LogP contribution in [0.4, 0.5) is 0 Å². The van der Waals surface area contributed by atoms with Gasteiger partial charge in [0.2, 0.25) is 0 Å². The van der Waals surface area contributed by atoms with E-state index in [-0.39, 0.29) is 5.96 Å². The predicted octanol–water partition coefficient (Wildman–Crippen LogP) is 1.78. The lowest BCUT2D eigenvalue weighted by molar-refractivity contribution is -0.887. The highest BCUT2D eigenvalue weighted by Gasteiger charge is 2.30. The molecule has 0 aliphatic rings. The van der Waals surface area contributed by atoms with Gasteiger partial charge < -0.3 is 25.3 Å². The number of nitrogens with two attached hydrogens (primary N) is 1. The van der Waals surface area contributed by atoms with Crippen LogP contribution in [0, 0.1) is 5.41 Å². The molecule has 2 unspecified atom stereocenters. The number of carboxylic acids is 1. The molecular formula is C19H37N4O3+. The third-order valence-corrected chi connectivity index (χ3v) is 4.51. The van der Waals surface area contributed by atoms with Crippen LogP contribution in [0.15, 0.2) is 23.8 Å². The second-order valence-electron chi connectivity index (χ2n) is 7.90. The summed E-state index contributed by atoms with van der Waals surface area (Å²) in [7, 11) is 5.60. The van der Waals surface area contributed by atoms with Crippen LogP contribution in [0.2, 0.25) is 0 Å². The van der Waals surface area contributed by atoms with Crippen LogP contribution >= 0.6 is 0 Å². The molecule has 0 aliphatic carbocycles. The molecule has 0 spiro atoms. The van der Waals surface area contributed by atoms with E-state index in [4.69, 9.17) is 11.1 Å². The number of carboxylic acid groups (broad SMARTS) is 1. The van der Waals surface area contributed by atoms with Gasteiger partial charge in [-0.1, -0.05) is 23.8 Å². The number of hydrogen-bond acceptors (Lipinski definition) is 3. The average molecular weight is 370 g/mol. The Morgan fingerprint density at radius 1 is 1.31 bits per heavy atom. The Balaban J connectivity index is 4.57. The number of rotatable bonds is 12. The van der Waals surface area contributed by atoms with Crippen molar-refractivity contribution in [3.8, 4) is 0 Å². The van der Waals surface area contributed by atoms with Crippen molar-refractivity contribution < 1.29 is 19.5 Å². The van der Waals surface area contributed by atoms with Gasteiger partial charge in [-0.05, 0) is 33.1 Å². The van der Waals surface area contributed by atoms with Crippen molar-refractivity contribution in [2.75, 3.05) is 34.2 Å². The first-order valence-corrected chi connectivity index (χ1v) is 8.98. The minimum Gasteiger partial charge on any atom is -0.477 e. The summed E-state index contributed by atoms with van der Waals surface area (Å²) in [5, 5.41) is 26.9. The SMILES string of the molecule is C=C(C)C(O)CC/C(C)=C/CN(CCCC(C(=O)O)[N+](C)(C)C)C(=N)N. The highest BCUT2D eigenvalue weighted by Crippen LogP contribution is 2.13. The van der Waals surface area contributed by atoms with Crippen molar-refractivity contribution >= 4 is 11.9 Å². The van der Waals surface area contributed by atoms with Crippen LogP contribution in [-0.2, 0) is 4.79 Å². The molecule has 0 saturated heterocycles. The number of nitrogens with one attached hydrogen (secondary N) is 1. The first kappa shape index (κ1) is 24.1. The summed E-state index contributed by atoms with van der Waals surface area (Å²) in [6, 6.07) is -0.482. The van der Waals surface area contributed by atoms with E-state index in [1.807, 2.05) is 41.1 Å². The fraction of sp³-hybridized carbons (Fsp3) is 0.684. The molecule has 7 heteroatoms. The van der Waals surface area contributed by atoms with Crippen molar-refractivity contribution in [1.29, 1.82) is 5.41 Å². The minimum absolute atomic E-state index is 0.0202. The molecule has 0 radical (unpaired) electrons. The zero-order chi connectivity index (χ0) is 20.5. The van der Waals surface area contributed by atoms with Crippen molar-refractivity contribution in [2.45, 2.75) is 51.7 Å².